The fourth-order valence-corrected chi connectivity index (χ4v) is 3.61. The Bertz CT molecular complexity index is 1110. The van der Waals surface area contributed by atoms with Crippen molar-refractivity contribution in [1.82, 2.24) is 16.1 Å². The van der Waals surface area contributed by atoms with Crippen LogP contribution in [0.4, 0.5) is 5.69 Å². The van der Waals surface area contributed by atoms with Crippen molar-refractivity contribution in [3.05, 3.63) is 95.1 Å². The van der Waals surface area contributed by atoms with Crippen LogP contribution in [-0.2, 0) is 11.2 Å². The lowest BCUT2D eigenvalue weighted by Crippen LogP contribution is -2.56. The normalized spacial score (nSPS) is 15.7. The lowest BCUT2D eigenvalue weighted by molar-refractivity contribution is -0.121. The second-order valence-electron chi connectivity index (χ2n) is 7.70. The molecular weight excluding hydrogens is 402 g/mol. The molecule has 7 nitrogen and oxygen atoms in total. The van der Waals surface area contributed by atoms with Crippen LogP contribution < -0.4 is 21.1 Å². The number of nitrogens with zero attached hydrogens (tertiary/aromatic N) is 2. The molecule has 1 amide bonds. The molecule has 7 heteroatoms. The number of aryl methyl sites for hydroxylation is 1. The van der Waals surface area contributed by atoms with Crippen LogP contribution >= 0.6 is 0 Å². The van der Waals surface area contributed by atoms with Crippen molar-refractivity contribution in [2.75, 3.05) is 12.5 Å². The number of benzene rings is 3. The maximum atomic E-state index is 11.6. The largest absolute Gasteiger partial charge is 0.497 e. The zero-order valence-corrected chi connectivity index (χ0v) is 18.4. The van der Waals surface area contributed by atoms with Gasteiger partial charge >= 0.3 is 0 Å². The molecule has 0 fully saturated rings. The topological polar surface area (TPSA) is 78.0 Å². The van der Waals surface area contributed by atoms with Gasteiger partial charge in [-0.15, -0.1) is 10.7 Å². The molecule has 0 saturated heterocycles. The number of anilines is 1. The highest BCUT2D eigenvalue weighted by molar-refractivity contribution is 6.16. The van der Waals surface area contributed by atoms with E-state index >= 15 is 0 Å². The van der Waals surface area contributed by atoms with Crippen LogP contribution in [0, 0.1) is 6.92 Å². The number of carbonyl (C=O) groups excluding carboxylic acids is 1. The van der Waals surface area contributed by atoms with E-state index in [1.807, 2.05) is 49.4 Å². The molecule has 3 N–H and O–H groups in total. The molecule has 0 aromatic heterocycles. The van der Waals surface area contributed by atoms with Gasteiger partial charge in [0.2, 0.25) is 5.91 Å². The summed E-state index contributed by atoms with van der Waals surface area (Å²) in [5.41, 5.74) is 15.1. The summed E-state index contributed by atoms with van der Waals surface area (Å²) in [6.45, 7) is 3.51. The molecule has 0 bridgehead atoms. The molecule has 1 heterocycles. The van der Waals surface area contributed by atoms with E-state index in [1.54, 1.807) is 12.2 Å². The third kappa shape index (κ3) is 4.96. The molecule has 1 aliphatic rings. The number of aliphatic imine (C=N–C) groups is 1. The first-order valence-corrected chi connectivity index (χ1v) is 10.5. The van der Waals surface area contributed by atoms with E-state index in [0.717, 1.165) is 39.4 Å². The fraction of sp³-hybridized carbons (Fsp3) is 0.200. The lowest BCUT2D eigenvalue weighted by atomic mass is 9.99. The summed E-state index contributed by atoms with van der Waals surface area (Å²) in [4.78, 5) is 16.8. The fourth-order valence-electron chi connectivity index (χ4n) is 3.61. The molecule has 0 aliphatic carbocycles. The zero-order chi connectivity index (χ0) is 22.5. The average molecular weight is 430 g/mol. The SMILES string of the molecule is COc1ccc(CC2N=C(c3ccccc3)c3ccc(C)cc3NN2NNC(C)=O)cc1. The Hall–Kier alpha value is -3.68. The number of hydrogen-bond donors (Lipinski definition) is 3. The van der Waals surface area contributed by atoms with Gasteiger partial charge in [0.15, 0.2) is 0 Å². The number of methoxy groups -OCH3 is 1. The van der Waals surface area contributed by atoms with E-state index in [2.05, 4.69) is 46.7 Å². The smallest absolute Gasteiger partial charge is 0.232 e. The van der Waals surface area contributed by atoms with E-state index in [4.69, 9.17) is 9.73 Å². The van der Waals surface area contributed by atoms with Crippen molar-refractivity contribution >= 4 is 17.3 Å². The molecule has 3 aromatic carbocycles. The Morgan fingerprint density at radius 3 is 2.53 bits per heavy atom. The van der Waals surface area contributed by atoms with Gasteiger partial charge in [-0.3, -0.25) is 15.2 Å². The molecule has 0 radical (unpaired) electrons. The quantitative estimate of drug-likeness (QED) is 0.522. The number of rotatable bonds is 6. The zero-order valence-electron chi connectivity index (χ0n) is 18.4. The van der Waals surface area contributed by atoms with E-state index in [1.165, 1.54) is 6.92 Å². The van der Waals surface area contributed by atoms with Crippen LogP contribution in [0.25, 0.3) is 0 Å². The molecule has 3 aromatic rings. The van der Waals surface area contributed by atoms with E-state index in [0.29, 0.717) is 6.42 Å². The van der Waals surface area contributed by atoms with Gasteiger partial charge in [-0.25, -0.2) is 0 Å². The first-order chi connectivity index (χ1) is 15.5. The van der Waals surface area contributed by atoms with Gasteiger partial charge in [-0.1, -0.05) is 54.6 Å². The molecular formula is C25H27N5O2. The molecule has 164 valence electrons. The number of fused-ring (bicyclic) bond motifs is 1. The Morgan fingerprint density at radius 2 is 1.84 bits per heavy atom. The number of hydrazine groups is 3. The summed E-state index contributed by atoms with van der Waals surface area (Å²) in [5, 5.41) is 1.74. The number of carbonyl (C=O) groups is 1. The van der Waals surface area contributed by atoms with Gasteiger partial charge in [0.05, 0.1) is 18.5 Å². The van der Waals surface area contributed by atoms with E-state index < -0.39 is 0 Å². The van der Waals surface area contributed by atoms with Gasteiger partial charge in [0, 0.05) is 24.5 Å². The maximum absolute atomic E-state index is 11.6. The highest BCUT2D eigenvalue weighted by Crippen LogP contribution is 2.27. The maximum Gasteiger partial charge on any atom is 0.232 e. The minimum Gasteiger partial charge on any atom is -0.497 e. The standard InChI is InChI=1S/C25H27N5O2/c1-17-9-14-22-23(15-17)28-30(29-27-18(2)31)24(16-19-10-12-21(32-3)13-11-19)26-25(22)20-7-5-4-6-8-20/h4-15,24,28-29H,16H2,1-3H3,(H,27,31). The van der Waals surface area contributed by atoms with Crippen molar-refractivity contribution < 1.29 is 9.53 Å². The second kappa shape index (κ2) is 9.64. The minimum atomic E-state index is -0.349. The molecule has 4 rings (SSSR count). The van der Waals surface area contributed by atoms with Crippen LogP contribution in [0.1, 0.15) is 29.2 Å². The summed E-state index contributed by atoms with van der Waals surface area (Å²) in [6.07, 6.45) is 0.255. The van der Waals surface area contributed by atoms with Gasteiger partial charge in [0.1, 0.15) is 11.9 Å². The predicted molar refractivity (Wildman–Crippen MR) is 126 cm³/mol. The van der Waals surface area contributed by atoms with Gasteiger partial charge in [0.25, 0.3) is 0 Å². The third-order valence-electron chi connectivity index (χ3n) is 5.22. The highest BCUT2D eigenvalue weighted by atomic mass is 16.5. The highest BCUT2D eigenvalue weighted by Gasteiger charge is 2.26. The van der Waals surface area contributed by atoms with Crippen LogP contribution in [0.5, 0.6) is 5.75 Å². The summed E-state index contributed by atoms with van der Waals surface area (Å²) >= 11 is 0. The number of nitrogens with one attached hydrogen (secondary N) is 3. The number of ether oxygens (including phenoxy) is 1. The van der Waals surface area contributed by atoms with E-state index in [9.17, 15) is 4.79 Å². The monoisotopic (exact) mass is 429 g/mol. The summed E-state index contributed by atoms with van der Waals surface area (Å²) in [5.74, 6) is 0.605. The van der Waals surface area contributed by atoms with Crippen LogP contribution in [0.2, 0.25) is 0 Å². The van der Waals surface area contributed by atoms with Crippen molar-refractivity contribution in [2.45, 2.75) is 26.4 Å². The van der Waals surface area contributed by atoms with Crippen molar-refractivity contribution in [3.63, 3.8) is 0 Å². The van der Waals surface area contributed by atoms with Gasteiger partial charge < -0.3 is 10.2 Å². The van der Waals surface area contributed by atoms with Gasteiger partial charge in [-0.05, 0) is 36.2 Å². The van der Waals surface area contributed by atoms with Crippen LogP contribution in [0.15, 0.2) is 77.8 Å². The van der Waals surface area contributed by atoms with Crippen LogP contribution in [0.3, 0.4) is 0 Å². The Morgan fingerprint density at radius 1 is 1.09 bits per heavy atom. The lowest BCUT2D eigenvalue weighted by Gasteiger charge is -2.29. The van der Waals surface area contributed by atoms with Crippen molar-refractivity contribution in [2.24, 2.45) is 4.99 Å². The van der Waals surface area contributed by atoms with E-state index in [-0.39, 0.29) is 12.1 Å². The molecule has 1 unspecified atom stereocenters. The second-order valence-corrected chi connectivity index (χ2v) is 7.70. The molecule has 1 aliphatic heterocycles. The molecule has 32 heavy (non-hydrogen) atoms. The molecule has 0 saturated carbocycles. The predicted octanol–water partition coefficient (Wildman–Crippen LogP) is 3.61. The summed E-state index contributed by atoms with van der Waals surface area (Å²) in [7, 11) is 1.65. The average Bonchev–Trinajstić information content (AvgIpc) is 2.95. The molecule has 1 atom stereocenters. The van der Waals surface area contributed by atoms with Crippen molar-refractivity contribution in [3.8, 4) is 5.75 Å². The Kier molecular flexibility index (Phi) is 6.49. The van der Waals surface area contributed by atoms with Gasteiger partial charge in [-0.2, -0.15) is 0 Å². The first kappa shape index (κ1) is 21.5. The third-order valence-corrected chi connectivity index (χ3v) is 5.22. The summed E-state index contributed by atoms with van der Waals surface area (Å²) in [6, 6.07) is 24.3. The molecule has 0 spiro atoms. The first-order valence-electron chi connectivity index (χ1n) is 10.5. The summed E-state index contributed by atoms with van der Waals surface area (Å²) < 4.78 is 5.28. The number of amides is 1. The Balaban J connectivity index is 1.78. The number of hydrogen-bond acceptors (Lipinski definition) is 6. The van der Waals surface area contributed by atoms with Crippen LogP contribution in [-0.4, -0.2) is 30.0 Å². The van der Waals surface area contributed by atoms with Crippen molar-refractivity contribution in [1.29, 1.82) is 0 Å². The minimum absolute atomic E-state index is 0.198. The Labute approximate surface area is 188 Å².